The molecule has 0 spiro atoms. The van der Waals surface area contributed by atoms with Gasteiger partial charge in [-0.2, -0.15) is 0 Å². The lowest BCUT2D eigenvalue weighted by Gasteiger charge is -2.19. The molecule has 0 radical (unpaired) electrons. The number of nitrogens with one attached hydrogen (secondary N) is 1. The summed E-state index contributed by atoms with van der Waals surface area (Å²) < 4.78 is 5.37. The molecule has 4 heteroatoms. The highest BCUT2D eigenvalue weighted by Gasteiger charge is 2.18. The van der Waals surface area contributed by atoms with E-state index in [2.05, 4.69) is 50.5 Å². The van der Waals surface area contributed by atoms with Crippen molar-refractivity contribution in [3.05, 3.63) is 50.7 Å². The lowest BCUT2D eigenvalue weighted by Crippen LogP contribution is -2.28. The molecule has 0 aliphatic rings. The molecule has 0 amide bonds. The molecule has 1 aromatic heterocycles. The number of hydrogen-bond acceptors (Lipinski definition) is 4. The van der Waals surface area contributed by atoms with Crippen LogP contribution in [0, 0.1) is 13.8 Å². The Hall–Kier alpha value is -1.36. The average Bonchev–Trinajstić information content (AvgIpc) is 2.91. The van der Waals surface area contributed by atoms with Crippen molar-refractivity contribution in [2.75, 3.05) is 7.11 Å². The van der Waals surface area contributed by atoms with Gasteiger partial charge in [-0.3, -0.25) is 5.84 Å². The third kappa shape index (κ3) is 2.87. The van der Waals surface area contributed by atoms with Crippen LogP contribution in [0.3, 0.4) is 0 Å². The van der Waals surface area contributed by atoms with Crippen LogP contribution in [0.25, 0.3) is 0 Å². The number of benzene rings is 1. The molecule has 1 unspecified atom stereocenters. The van der Waals surface area contributed by atoms with E-state index in [9.17, 15) is 0 Å². The Morgan fingerprint density at radius 1 is 1.25 bits per heavy atom. The van der Waals surface area contributed by atoms with Gasteiger partial charge in [0.25, 0.3) is 0 Å². The summed E-state index contributed by atoms with van der Waals surface area (Å²) in [5, 5.41) is 0. The summed E-state index contributed by atoms with van der Waals surface area (Å²) in [4.78, 5) is 2.63. The van der Waals surface area contributed by atoms with Crippen molar-refractivity contribution in [2.45, 2.75) is 33.2 Å². The summed E-state index contributed by atoms with van der Waals surface area (Å²) >= 11 is 1.81. The molecular formula is C16H22N2OS. The molecule has 0 aliphatic heterocycles. The maximum atomic E-state index is 5.80. The van der Waals surface area contributed by atoms with Gasteiger partial charge in [0, 0.05) is 9.75 Å². The van der Waals surface area contributed by atoms with Crippen LogP contribution in [0.15, 0.2) is 24.3 Å². The molecule has 108 valence electrons. The van der Waals surface area contributed by atoms with Crippen molar-refractivity contribution in [1.82, 2.24) is 5.43 Å². The fourth-order valence-electron chi connectivity index (χ4n) is 2.41. The predicted octanol–water partition coefficient (Wildman–Crippen LogP) is 3.49. The smallest absolute Gasteiger partial charge is 0.122 e. The van der Waals surface area contributed by atoms with Gasteiger partial charge in [-0.15, -0.1) is 11.3 Å². The van der Waals surface area contributed by atoms with Crippen LogP contribution in [0.5, 0.6) is 5.75 Å². The van der Waals surface area contributed by atoms with Crippen LogP contribution in [-0.4, -0.2) is 7.11 Å². The van der Waals surface area contributed by atoms with Crippen LogP contribution >= 0.6 is 11.3 Å². The molecule has 2 aromatic rings. The van der Waals surface area contributed by atoms with E-state index in [0.29, 0.717) is 0 Å². The van der Waals surface area contributed by atoms with Crippen LogP contribution in [0.1, 0.15) is 39.4 Å². The summed E-state index contributed by atoms with van der Waals surface area (Å²) in [6.45, 7) is 6.32. The Labute approximate surface area is 124 Å². The third-order valence-electron chi connectivity index (χ3n) is 3.58. The van der Waals surface area contributed by atoms with E-state index in [4.69, 9.17) is 10.6 Å². The number of hydrazine groups is 1. The van der Waals surface area contributed by atoms with Crippen molar-refractivity contribution < 1.29 is 4.74 Å². The zero-order valence-electron chi connectivity index (χ0n) is 12.5. The zero-order chi connectivity index (χ0) is 14.7. The van der Waals surface area contributed by atoms with Crippen molar-refractivity contribution in [3.63, 3.8) is 0 Å². The maximum absolute atomic E-state index is 5.80. The molecular weight excluding hydrogens is 268 g/mol. The van der Waals surface area contributed by atoms with Gasteiger partial charge in [0.05, 0.1) is 13.2 Å². The maximum Gasteiger partial charge on any atom is 0.122 e. The Kier molecular flexibility index (Phi) is 4.81. The summed E-state index contributed by atoms with van der Waals surface area (Å²) in [6.07, 6.45) is 1.06. The zero-order valence-corrected chi connectivity index (χ0v) is 13.3. The first kappa shape index (κ1) is 15.0. The highest BCUT2D eigenvalue weighted by atomic mass is 32.1. The van der Waals surface area contributed by atoms with Crippen LogP contribution in [0.4, 0.5) is 0 Å². The number of aryl methyl sites for hydroxylation is 3. The number of thiophene rings is 1. The van der Waals surface area contributed by atoms with E-state index in [-0.39, 0.29) is 6.04 Å². The monoisotopic (exact) mass is 290 g/mol. The number of ether oxygens (including phenoxy) is 1. The van der Waals surface area contributed by atoms with Crippen LogP contribution in [-0.2, 0) is 6.42 Å². The van der Waals surface area contributed by atoms with Gasteiger partial charge in [-0.25, -0.2) is 5.43 Å². The third-order valence-corrected chi connectivity index (χ3v) is 4.87. The minimum atomic E-state index is 0.0323. The minimum Gasteiger partial charge on any atom is -0.496 e. The second-order valence-electron chi connectivity index (χ2n) is 4.94. The van der Waals surface area contributed by atoms with Gasteiger partial charge in [-0.05, 0) is 55.2 Å². The second kappa shape index (κ2) is 6.39. The molecule has 0 aliphatic carbocycles. The second-order valence-corrected chi connectivity index (χ2v) is 6.14. The fourth-order valence-corrected chi connectivity index (χ4v) is 3.44. The lowest BCUT2D eigenvalue weighted by atomic mass is 9.97. The van der Waals surface area contributed by atoms with E-state index in [1.165, 1.54) is 20.9 Å². The molecule has 1 aromatic carbocycles. The standard InChI is InChI=1S/C16H22N2OS/c1-5-12-6-7-15(20-12)16(18-17)13-8-11(3)14(19-4)9-10(13)2/h6-9,16,18H,5,17H2,1-4H3. The summed E-state index contributed by atoms with van der Waals surface area (Å²) in [7, 11) is 1.70. The molecule has 0 fully saturated rings. The van der Waals surface area contributed by atoms with Crippen molar-refractivity contribution in [3.8, 4) is 5.75 Å². The summed E-state index contributed by atoms with van der Waals surface area (Å²) in [5.74, 6) is 6.72. The Balaban J connectivity index is 2.43. The highest BCUT2D eigenvalue weighted by Crippen LogP contribution is 2.33. The van der Waals surface area contributed by atoms with Crippen molar-refractivity contribution in [1.29, 1.82) is 0 Å². The number of rotatable bonds is 5. The Bertz CT molecular complexity index is 592. The molecule has 0 saturated carbocycles. The number of hydrogen-bond donors (Lipinski definition) is 2. The molecule has 0 saturated heterocycles. The molecule has 3 nitrogen and oxygen atoms in total. The number of methoxy groups -OCH3 is 1. The molecule has 1 atom stereocenters. The van der Waals surface area contributed by atoms with Gasteiger partial charge in [0.1, 0.15) is 5.75 Å². The minimum absolute atomic E-state index is 0.0323. The van der Waals surface area contributed by atoms with Crippen LogP contribution < -0.4 is 16.0 Å². The SMILES string of the molecule is CCc1ccc(C(NN)c2cc(C)c(OC)cc2C)s1. The van der Waals surface area contributed by atoms with Gasteiger partial charge < -0.3 is 4.74 Å². The average molecular weight is 290 g/mol. The van der Waals surface area contributed by atoms with Crippen LogP contribution in [0.2, 0.25) is 0 Å². The summed E-state index contributed by atoms with van der Waals surface area (Å²) in [6, 6.07) is 8.60. The van der Waals surface area contributed by atoms with Gasteiger partial charge in [0.2, 0.25) is 0 Å². The van der Waals surface area contributed by atoms with Gasteiger partial charge >= 0.3 is 0 Å². The van der Waals surface area contributed by atoms with E-state index >= 15 is 0 Å². The Morgan fingerprint density at radius 3 is 2.55 bits per heavy atom. The molecule has 20 heavy (non-hydrogen) atoms. The number of nitrogens with two attached hydrogens (primary N) is 1. The first-order valence-electron chi connectivity index (χ1n) is 6.80. The first-order valence-corrected chi connectivity index (χ1v) is 7.62. The summed E-state index contributed by atoms with van der Waals surface area (Å²) in [5.41, 5.74) is 6.46. The van der Waals surface area contributed by atoms with Crippen molar-refractivity contribution in [2.24, 2.45) is 5.84 Å². The Morgan fingerprint density at radius 2 is 2.00 bits per heavy atom. The predicted molar refractivity (Wildman–Crippen MR) is 85.3 cm³/mol. The molecule has 2 rings (SSSR count). The van der Waals surface area contributed by atoms with Gasteiger partial charge in [0.15, 0.2) is 0 Å². The van der Waals surface area contributed by atoms with E-state index in [1.54, 1.807) is 7.11 Å². The van der Waals surface area contributed by atoms with E-state index in [0.717, 1.165) is 17.7 Å². The molecule has 0 bridgehead atoms. The van der Waals surface area contributed by atoms with Gasteiger partial charge in [-0.1, -0.05) is 13.0 Å². The van der Waals surface area contributed by atoms with E-state index in [1.807, 2.05) is 11.3 Å². The largest absolute Gasteiger partial charge is 0.496 e. The highest BCUT2D eigenvalue weighted by molar-refractivity contribution is 7.12. The quantitative estimate of drug-likeness (QED) is 0.654. The first-order chi connectivity index (χ1) is 9.60. The lowest BCUT2D eigenvalue weighted by molar-refractivity contribution is 0.411. The van der Waals surface area contributed by atoms with E-state index < -0.39 is 0 Å². The van der Waals surface area contributed by atoms with Crippen molar-refractivity contribution >= 4 is 11.3 Å². The topological polar surface area (TPSA) is 47.3 Å². The fraction of sp³-hybridized carbons (Fsp3) is 0.375. The molecule has 3 N–H and O–H groups in total. The molecule has 1 heterocycles. The normalized spacial score (nSPS) is 12.4.